The van der Waals surface area contributed by atoms with Gasteiger partial charge in [-0.05, 0) is 74.7 Å². The molecule has 4 N–H and O–H groups in total. The first kappa shape index (κ1) is 26.6. The van der Waals surface area contributed by atoms with Gasteiger partial charge in [-0.2, -0.15) is 0 Å². The number of carbonyl (C=O) groups excluding carboxylic acids is 3. The summed E-state index contributed by atoms with van der Waals surface area (Å²) < 4.78 is 19.4. The third-order valence-corrected chi connectivity index (χ3v) is 6.43. The van der Waals surface area contributed by atoms with Crippen molar-refractivity contribution in [2.24, 2.45) is 0 Å². The summed E-state index contributed by atoms with van der Waals surface area (Å²) in [4.78, 5) is 43.5. The van der Waals surface area contributed by atoms with Gasteiger partial charge in [0, 0.05) is 30.3 Å². The van der Waals surface area contributed by atoms with Crippen molar-refractivity contribution in [2.75, 3.05) is 25.4 Å². The number of rotatable bonds is 6. The quantitative estimate of drug-likeness (QED) is 0.417. The zero-order valence-corrected chi connectivity index (χ0v) is 21.2. The molecule has 38 heavy (non-hydrogen) atoms. The first-order valence-corrected chi connectivity index (χ1v) is 12.3. The summed E-state index contributed by atoms with van der Waals surface area (Å²) in [5, 5.41) is 13.4. The van der Waals surface area contributed by atoms with E-state index in [1.165, 1.54) is 42.5 Å². The molecule has 2 amide bonds. The highest BCUT2D eigenvalue weighted by atomic mass is 19.1. The van der Waals surface area contributed by atoms with Crippen LogP contribution in [0.15, 0.2) is 48.5 Å². The Morgan fingerprint density at radius 1 is 1.11 bits per heavy atom. The number of nitrogen functional groups attached to an aromatic ring is 1. The SMILES string of the molecule is CCOC(=O)N1CCC(NC(=O)c2ccc(-c3cc(C(=O)c4ccc(C)cc4F)ccc3O)nc2N)CC1. The van der Waals surface area contributed by atoms with Crippen LogP contribution in [0, 0.1) is 12.7 Å². The van der Waals surface area contributed by atoms with Crippen LogP contribution in [0.2, 0.25) is 0 Å². The number of carbonyl (C=O) groups is 3. The zero-order valence-electron chi connectivity index (χ0n) is 21.2. The van der Waals surface area contributed by atoms with E-state index in [1.54, 1.807) is 24.8 Å². The number of nitrogens with two attached hydrogens (primary N) is 1. The molecule has 1 aliphatic heterocycles. The number of amides is 2. The Balaban J connectivity index is 1.48. The number of nitrogens with one attached hydrogen (secondary N) is 1. The van der Waals surface area contributed by atoms with Crippen molar-refractivity contribution < 1.29 is 28.6 Å². The maximum Gasteiger partial charge on any atom is 0.409 e. The van der Waals surface area contributed by atoms with Gasteiger partial charge in [0.1, 0.15) is 17.4 Å². The summed E-state index contributed by atoms with van der Waals surface area (Å²) in [6, 6.07) is 11.4. The number of pyridine rings is 1. The van der Waals surface area contributed by atoms with Gasteiger partial charge in [-0.15, -0.1) is 0 Å². The Kier molecular flexibility index (Phi) is 7.90. The van der Waals surface area contributed by atoms with Crippen molar-refractivity contribution in [3.63, 3.8) is 0 Å². The Morgan fingerprint density at radius 3 is 2.47 bits per heavy atom. The number of halogens is 1. The lowest BCUT2D eigenvalue weighted by molar-refractivity contribution is 0.0859. The van der Waals surface area contributed by atoms with E-state index in [-0.39, 0.29) is 51.7 Å². The molecule has 0 saturated carbocycles. The molecule has 2 heterocycles. The summed E-state index contributed by atoms with van der Waals surface area (Å²) in [5.41, 5.74) is 7.49. The molecule has 9 nitrogen and oxygen atoms in total. The van der Waals surface area contributed by atoms with Crippen molar-refractivity contribution in [1.82, 2.24) is 15.2 Å². The largest absolute Gasteiger partial charge is 0.507 e. The lowest BCUT2D eigenvalue weighted by Gasteiger charge is -2.31. The number of aromatic nitrogens is 1. The normalized spacial score (nSPS) is 13.7. The molecule has 10 heteroatoms. The smallest absolute Gasteiger partial charge is 0.409 e. The van der Waals surface area contributed by atoms with Crippen molar-refractivity contribution in [3.8, 4) is 17.0 Å². The molecule has 0 unspecified atom stereocenters. The number of hydrogen-bond donors (Lipinski definition) is 3. The van der Waals surface area contributed by atoms with E-state index >= 15 is 0 Å². The second-order valence-corrected chi connectivity index (χ2v) is 9.11. The molecule has 1 saturated heterocycles. The number of benzene rings is 2. The number of nitrogens with zero attached hydrogens (tertiary/aromatic N) is 2. The Morgan fingerprint density at radius 2 is 1.82 bits per heavy atom. The van der Waals surface area contributed by atoms with Crippen LogP contribution < -0.4 is 11.1 Å². The van der Waals surface area contributed by atoms with Gasteiger partial charge in [-0.25, -0.2) is 14.2 Å². The van der Waals surface area contributed by atoms with Gasteiger partial charge in [0.05, 0.1) is 23.4 Å². The van der Waals surface area contributed by atoms with E-state index in [4.69, 9.17) is 10.5 Å². The van der Waals surface area contributed by atoms with E-state index in [9.17, 15) is 23.9 Å². The predicted molar refractivity (Wildman–Crippen MR) is 139 cm³/mol. The fourth-order valence-corrected chi connectivity index (χ4v) is 4.34. The topological polar surface area (TPSA) is 135 Å². The number of likely N-dealkylation sites (tertiary alicyclic amines) is 1. The number of aromatic hydroxyl groups is 1. The summed E-state index contributed by atoms with van der Waals surface area (Å²) >= 11 is 0. The highest BCUT2D eigenvalue weighted by molar-refractivity contribution is 6.10. The molecule has 0 spiro atoms. The average Bonchev–Trinajstić information content (AvgIpc) is 2.89. The second-order valence-electron chi connectivity index (χ2n) is 9.11. The third-order valence-electron chi connectivity index (χ3n) is 6.43. The molecule has 2 aromatic carbocycles. The van der Waals surface area contributed by atoms with E-state index in [0.717, 1.165) is 0 Å². The van der Waals surface area contributed by atoms with Crippen LogP contribution in [0.5, 0.6) is 5.75 Å². The maximum atomic E-state index is 14.4. The Hall–Kier alpha value is -4.47. The molecule has 0 aliphatic carbocycles. The molecule has 1 fully saturated rings. The van der Waals surface area contributed by atoms with Crippen molar-refractivity contribution in [3.05, 3.63) is 76.6 Å². The number of ether oxygens (including phenoxy) is 1. The molecule has 1 aromatic heterocycles. The predicted octanol–water partition coefficient (Wildman–Crippen LogP) is 4.07. The third kappa shape index (κ3) is 5.74. The minimum Gasteiger partial charge on any atom is -0.507 e. The average molecular weight is 521 g/mol. The summed E-state index contributed by atoms with van der Waals surface area (Å²) in [7, 11) is 0. The number of hydrogen-bond acceptors (Lipinski definition) is 7. The van der Waals surface area contributed by atoms with Crippen molar-refractivity contribution in [2.45, 2.75) is 32.7 Å². The van der Waals surface area contributed by atoms with Crippen molar-refractivity contribution >= 4 is 23.6 Å². The van der Waals surface area contributed by atoms with Gasteiger partial charge < -0.3 is 25.8 Å². The number of phenolic OH excluding ortho intramolecular Hbond substituents is 1. The van der Waals surface area contributed by atoms with Gasteiger partial charge in [0.25, 0.3) is 5.91 Å². The minimum atomic E-state index is -0.631. The van der Waals surface area contributed by atoms with Crippen molar-refractivity contribution in [1.29, 1.82) is 0 Å². The van der Waals surface area contributed by atoms with E-state index in [2.05, 4.69) is 10.3 Å². The lowest BCUT2D eigenvalue weighted by Crippen LogP contribution is -2.46. The first-order chi connectivity index (χ1) is 18.2. The van der Waals surface area contributed by atoms with Crippen LogP contribution in [0.3, 0.4) is 0 Å². The first-order valence-electron chi connectivity index (χ1n) is 12.3. The van der Waals surface area contributed by atoms with Crippen LogP contribution in [0.4, 0.5) is 15.0 Å². The van der Waals surface area contributed by atoms with Gasteiger partial charge >= 0.3 is 6.09 Å². The van der Waals surface area contributed by atoms with Crippen LogP contribution in [-0.2, 0) is 4.74 Å². The van der Waals surface area contributed by atoms with Crippen LogP contribution in [0.1, 0.15) is 51.6 Å². The molecule has 3 aromatic rings. The van der Waals surface area contributed by atoms with E-state index in [0.29, 0.717) is 38.1 Å². The van der Waals surface area contributed by atoms with Crippen LogP contribution >= 0.6 is 0 Å². The highest BCUT2D eigenvalue weighted by Gasteiger charge is 2.26. The Bertz CT molecular complexity index is 1390. The molecule has 0 radical (unpaired) electrons. The number of phenols is 1. The molecular formula is C28H29FN4O5. The number of ketones is 1. The summed E-state index contributed by atoms with van der Waals surface area (Å²) in [6.45, 7) is 4.72. The molecular weight excluding hydrogens is 491 g/mol. The second kappa shape index (κ2) is 11.3. The van der Waals surface area contributed by atoms with Gasteiger partial charge in [-0.1, -0.05) is 6.07 Å². The fraction of sp³-hybridized carbons (Fsp3) is 0.286. The Labute approximate surface area is 219 Å². The molecule has 1 aliphatic rings. The summed E-state index contributed by atoms with van der Waals surface area (Å²) in [6.07, 6.45) is 0.790. The monoisotopic (exact) mass is 520 g/mol. The van der Waals surface area contributed by atoms with Crippen LogP contribution in [0.25, 0.3) is 11.3 Å². The maximum absolute atomic E-state index is 14.4. The van der Waals surface area contributed by atoms with E-state index in [1.807, 2.05) is 0 Å². The highest BCUT2D eigenvalue weighted by Crippen LogP contribution is 2.31. The fourth-order valence-electron chi connectivity index (χ4n) is 4.34. The van der Waals surface area contributed by atoms with Gasteiger partial charge in [0.2, 0.25) is 0 Å². The van der Waals surface area contributed by atoms with E-state index < -0.39 is 17.5 Å². The summed E-state index contributed by atoms with van der Waals surface area (Å²) in [5.74, 6) is -1.78. The molecule has 4 rings (SSSR count). The standard InChI is InChI=1S/C28H29FN4O5/c1-3-38-28(37)33-12-10-18(11-13-33)31-27(36)20-7-8-23(32-26(20)30)21-15-17(5-9-24(21)34)25(35)19-6-4-16(2)14-22(19)29/h4-9,14-15,18,34H,3,10-13H2,1-2H3,(H2,30,32)(H,31,36). The van der Waals surface area contributed by atoms with Gasteiger partial charge in [0.15, 0.2) is 5.78 Å². The molecule has 0 atom stereocenters. The number of piperidine rings is 1. The number of aryl methyl sites for hydroxylation is 1. The number of anilines is 1. The van der Waals surface area contributed by atoms with Gasteiger partial charge in [-0.3, -0.25) is 9.59 Å². The zero-order chi connectivity index (χ0) is 27.4. The van der Waals surface area contributed by atoms with Crippen LogP contribution in [-0.4, -0.2) is 58.5 Å². The minimum absolute atomic E-state index is 0.0512. The molecule has 0 bridgehead atoms. The lowest BCUT2D eigenvalue weighted by atomic mass is 9.98. The molecule has 198 valence electrons.